The highest BCUT2D eigenvalue weighted by atomic mass is 32.1. The third-order valence-corrected chi connectivity index (χ3v) is 7.33. The van der Waals surface area contributed by atoms with Gasteiger partial charge in [-0.1, -0.05) is 57.0 Å². The molecule has 1 fully saturated rings. The Morgan fingerprint density at radius 1 is 1.13 bits per heavy atom. The standard InChI is InChI=1S/C25H32N2O2S/c1-18(2)16-26(25(29)20-10-6-7-11-20)17-23(28)27-14-12-22-21(13-15-30-22)24(27)19-8-4-3-5-9-19/h3-5,8-9,13,15,18,20,24H,6-7,10-12,14,16-17H2,1-2H3/t24-/m1/s1. The Morgan fingerprint density at radius 2 is 1.87 bits per heavy atom. The minimum Gasteiger partial charge on any atom is -0.333 e. The maximum atomic E-state index is 13.6. The van der Waals surface area contributed by atoms with Crippen molar-refractivity contribution in [2.75, 3.05) is 19.6 Å². The van der Waals surface area contributed by atoms with Crippen LogP contribution in [0.4, 0.5) is 0 Å². The number of carbonyl (C=O) groups excluding carboxylic acids is 2. The number of carbonyl (C=O) groups is 2. The number of fused-ring (bicyclic) bond motifs is 1. The SMILES string of the molecule is CC(C)CN(CC(=O)N1CCc2sccc2[C@H]1c1ccccc1)C(=O)C1CCCC1. The van der Waals surface area contributed by atoms with Crippen molar-refractivity contribution in [1.82, 2.24) is 9.80 Å². The Morgan fingerprint density at radius 3 is 2.57 bits per heavy atom. The molecule has 2 aromatic rings. The Labute approximate surface area is 183 Å². The molecule has 1 aromatic heterocycles. The minimum absolute atomic E-state index is 0.0591. The van der Waals surface area contributed by atoms with Crippen LogP contribution in [-0.4, -0.2) is 41.2 Å². The quantitative estimate of drug-likeness (QED) is 0.662. The molecule has 0 spiro atoms. The molecule has 0 N–H and O–H groups in total. The van der Waals surface area contributed by atoms with Crippen LogP contribution in [0.1, 0.15) is 61.6 Å². The third kappa shape index (κ3) is 4.46. The smallest absolute Gasteiger partial charge is 0.242 e. The van der Waals surface area contributed by atoms with Gasteiger partial charge in [-0.05, 0) is 47.8 Å². The molecule has 1 aromatic carbocycles. The Kier molecular flexibility index (Phi) is 6.57. The Bertz CT molecular complexity index is 870. The summed E-state index contributed by atoms with van der Waals surface area (Å²) in [5.74, 6) is 0.691. The molecule has 1 saturated carbocycles. The first-order valence-electron chi connectivity index (χ1n) is 11.2. The minimum atomic E-state index is -0.0591. The average molecular weight is 425 g/mol. The van der Waals surface area contributed by atoms with E-state index in [4.69, 9.17) is 0 Å². The summed E-state index contributed by atoms with van der Waals surface area (Å²) in [5, 5.41) is 2.13. The molecular weight excluding hydrogens is 392 g/mol. The number of hydrogen-bond donors (Lipinski definition) is 0. The first-order chi connectivity index (χ1) is 14.5. The van der Waals surface area contributed by atoms with Crippen LogP contribution in [0, 0.1) is 11.8 Å². The number of benzene rings is 1. The molecule has 160 valence electrons. The van der Waals surface area contributed by atoms with Crippen molar-refractivity contribution >= 4 is 23.2 Å². The molecule has 2 aliphatic rings. The van der Waals surface area contributed by atoms with E-state index in [1.165, 1.54) is 10.4 Å². The summed E-state index contributed by atoms with van der Waals surface area (Å²) < 4.78 is 0. The molecule has 1 atom stereocenters. The molecule has 2 amide bonds. The van der Waals surface area contributed by atoms with Gasteiger partial charge < -0.3 is 9.80 Å². The van der Waals surface area contributed by atoms with Crippen LogP contribution in [0.5, 0.6) is 0 Å². The van der Waals surface area contributed by atoms with E-state index in [1.54, 1.807) is 11.3 Å². The van der Waals surface area contributed by atoms with Crippen LogP contribution in [0.25, 0.3) is 0 Å². The van der Waals surface area contributed by atoms with E-state index in [2.05, 4.69) is 37.4 Å². The van der Waals surface area contributed by atoms with Crippen LogP contribution >= 0.6 is 11.3 Å². The van der Waals surface area contributed by atoms with Gasteiger partial charge in [0, 0.05) is 23.9 Å². The second-order valence-electron chi connectivity index (χ2n) is 9.04. The molecule has 2 heterocycles. The second kappa shape index (κ2) is 9.34. The van der Waals surface area contributed by atoms with Crippen molar-refractivity contribution in [3.8, 4) is 0 Å². The molecule has 30 heavy (non-hydrogen) atoms. The lowest BCUT2D eigenvalue weighted by Gasteiger charge is -2.38. The molecule has 4 rings (SSSR count). The molecule has 0 radical (unpaired) electrons. The summed E-state index contributed by atoms with van der Waals surface area (Å²) in [4.78, 5) is 31.9. The van der Waals surface area contributed by atoms with Crippen molar-refractivity contribution in [3.05, 3.63) is 57.8 Å². The zero-order chi connectivity index (χ0) is 21.1. The third-order valence-electron chi connectivity index (χ3n) is 6.33. The van der Waals surface area contributed by atoms with Crippen LogP contribution in [0.15, 0.2) is 41.8 Å². The molecule has 0 saturated heterocycles. The van der Waals surface area contributed by atoms with E-state index in [0.29, 0.717) is 19.0 Å². The molecule has 0 bridgehead atoms. The maximum Gasteiger partial charge on any atom is 0.242 e. The fourth-order valence-electron chi connectivity index (χ4n) is 4.94. The van der Waals surface area contributed by atoms with Crippen LogP contribution in [-0.2, 0) is 16.0 Å². The van der Waals surface area contributed by atoms with Gasteiger partial charge >= 0.3 is 0 Å². The van der Waals surface area contributed by atoms with Crippen molar-refractivity contribution in [3.63, 3.8) is 0 Å². The molecule has 5 heteroatoms. The number of hydrogen-bond acceptors (Lipinski definition) is 3. The lowest BCUT2D eigenvalue weighted by molar-refractivity contribution is -0.144. The van der Waals surface area contributed by atoms with Gasteiger partial charge in [0.05, 0.1) is 12.6 Å². The van der Waals surface area contributed by atoms with Gasteiger partial charge in [-0.3, -0.25) is 9.59 Å². The molecule has 1 aliphatic carbocycles. The largest absolute Gasteiger partial charge is 0.333 e. The highest BCUT2D eigenvalue weighted by molar-refractivity contribution is 7.10. The van der Waals surface area contributed by atoms with E-state index < -0.39 is 0 Å². The van der Waals surface area contributed by atoms with Crippen LogP contribution in [0.3, 0.4) is 0 Å². The summed E-state index contributed by atoms with van der Waals surface area (Å²) in [6.45, 7) is 5.78. The average Bonchev–Trinajstić information content (AvgIpc) is 3.44. The van der Waals surface area contributed by atoms with Gasteiger partial charge in [0.15, 0.2) is 0 Å². The maximum absolute atomic E-state index is 13.6. The number of amides is 2. The topological polar surface area (TPSA) is 40.6 Å². The normalized spacial score (nSPS) is 19.2. The highest BCUT2D eigenvalue weighted by Crippen LogP contribution is 2.38. The second-order valence-corrected chi connectivity index (χ2v) is 10.0. The van der Waals surface area contributed by atoms with Gasteiger partial charge in [0.25, 0.3) is 0 Å². The monoisotopic (exact) mass is 424 g/mol. The Hall–Kier alpha value is -2.14. The van der Waals surface area contributed by atoms with E-state index >= 15 is 0 Å². The summed E-state index contributed by atoms with van der Waals surface area (Å²) in [6, 6.07) is 12.4. The first kappa shape index (κ1) is 21.1. The number of nitrogens with zero attached hydrogens (tertiary/aromatic N) is 2. The predicted octanol–water partition coefficient (Wildman–Crippen LogP) is 4.90. The lowest BCUT2D eigenvalue weighted by Crippen LogP contribution is -2.48. The summed E-state index contributed by atoms with van der Waals surface area (Å²) in [7, 11) is 0. The van der Waals surface area contributed by atoms with Crippen LogP contribution in [0.2, 0.25) is 0 Å². The first-order valence-corrected chi connectivity index (χ1v) is 12.1. The zero-order valence-electron chi connectivity index (χ0n) is 18.0. The van der Waals surface area contributed by atoms with Crippen molar-refractivity contribution in [2.24, 2.45) is 11.8 Å². The van der Waals surface area contributed by atoms with E-state index in [9.17, 15) is 9.59 Å². The van der Waals surface area contributed by atoms with Gasteiger partial charge in [-0.2, -0.15) is 0 Å². The van der Waals surface area contributed by atoms with E-state index in [0.717, 1.165) is 37.7 Å². The molecule has 0 unspecified atom stereocenters. The van der Waals surface area contributed by atoms with Crippen molar-refractivity contribution in [2.45, 2.75) is 52.0 Å². The highest BCUT2D eigenvalue weighted by Gasteiger charge is 2.35. The number of rotatable bonds is 6. The van der Waals surface area contributed by atoms with E-state index in [1.807, 2.05) is 28.0 Å². The van der Waals surface area contributed by atoms with E-state index in [-0.39, 0.29) is 30.3 Å². The fraction of sp³-hybridized carbons (Fsp3) is 0.520. The summed E-state index contributed by atoms with van der Waals surface area (Å²) >= 11 is 1.78. The predicted molar refractivity (Wildman–Crippen MR) is 121 cm³/mol. The van der Waals surface area contributed by atoms with Gasteiger partial charge in [-0.15, -0.1) is 11.3 Å². The molecule has 1 aliphatic heterocycles. The summed E-state index contributed by atoms with van der Waals surface area (Å²) in [6.07, 6.45) is 5.08. The van der Waals surface area contributed by atoms with Gasteiger partial charge in [0.2, 0.25) is 11.8 Å². The molecular formula is C25H32N2O2S. The number of thiophene rings is 1. The van der Waals surface area contributed by atoms with Gasteiger partial charge in [0.1, 0.15) is 0 Å². The summed E-state index contributed by atoms with van der Waals surface area (Å²) in [5.41, 5.74) is 2.38. The lowest BCUT2D eigenvalue weighted by atomic mass is 9.93. The van der Waals surface area contributed by atoms with Gasteiger partial charge in [-0.25, -0.2) is 0 Å². The van der Waals surface area contributed by atoms with Crippen LogP contribution < -0.4 is 0 Å². The Balaban J connectivity index is 1.57. The van der Waals surface area contributed by atoms with Crippen molar-refractivity contribution in [1.29, 1.82) is 0 Å². The zero-order valence-corrected chi connectivity index (χ0v) is 18.9. The molecule has 4 nitrogen and oxygen atoms in total. The fourth-order valence-corrected chi connectivity index (χ4v) is 5.84. The van der Waals surface area contributed by atoms with Crippen molar-refractivity contribution < 1.29 is 9.59 Å².